The summed E-state index contributed by atoms with van der Waals surface area (Å²) in [5, 5.41) is 10.5. The third-order valence-corrected chi connectivity index (χ3v) is 2.47. The van der Waals surface area contributed by atoms with E-state index in [4.69, 9.17) is 34.7 Å². The Labute approximate surface area is 92.6 Å². The van der Waals surface area contributed by atoms with Gasteiger partial charge in [-0.25, -0.2) is 0 Å². The average molecular weight is 235 g/mol. The summed E-state index contributed by atoms with van der Waals surface area (Å²) in [5.41, 5.74) is 12.0. The van der Waals surface area contributed by atoms with E-state index in [1.807, 2.05) is 0 Å². The molecule has 0 spiro atoms. The summed E-state index contributed by atoms with van der Waals surface area (Å²) in [6.45, 7) is 1.68. The molecule has 0 bridgehead atoms. The minimum Gasteiger partial charge on any atom is -0.397 e. The number of hydrogen-bond donors (Lipinski definition) is 3. The van der Waals surface area contributed by atoms with Gasteiger partial charge < -0.3 is 16.6 Å². The fourth-order valence-corrected chi connectivity index (χ4v) is 1.64. The van der Waals surface area contributed by atoms with Crippen LogP contribution in [0.3, 0.4) is 0 Å². The van der Waals surface area contributed by atoms with Crippen molar-refractivity contribution in [2.45, 2.75) is 19.1 Å². The van der Waals surface area contributed by atoms with Crippen LogP contribution in [0.25, 0.3) is 0 Å². The molecular weight excluding hydrogens is 223 g/mol. The van der Waals surface area contributed by atoms with E-state index in [9.17, 15) is 5.11 Å². The number of benzene rings is 1. The third kappa shape index (κ3) is 2.30. The average Bonchev–Trinajstić information content (AvgIpc) is 2.09. The Balaban J connectivity index is 3.20. The number of anilines is 1. The Morgan fingerprint density at radius 2 is 1.93 bits per heavy atom. The van der Waals surface area contributed by atoms with Crippen LogP contribution in [0.15, 0.2) is 12.1 Å². The quantitative estimate of drug-likeness (QED) is 0.686. The molecule has 2 unspecified atom stereocenters. The lowest BCUT2D eigenvalue weighted by Gasteiger charge is -2.17. The fraction of sp³-hybridized carbons (Fsp3) is 0.333. The summed E-state index contributed by atoms with van der Waals surface area (Å²) in [4.78, 5) is 0. The number of aliphatic hydroxyl groups excluding tert-OH is 1. The summed E-state index contributed by atoms with van der Waals surface area (Å²) < 4.78 is 0. The highest BCUT2D eigenvalue weighted by atomic mass is 35.5. The van der Waals surface area contributed by atoms with Gasteiger partial charge in [-0.2, -0.15) is 0 Å². The molecule has 3 nitrogen and oxygen atoms in total. The van der Waals surface area contributed by atoms with Gasteiger partial charge in [0.05, 0.1) is 16.8 Å². The summed E-state index contributed by atoms with van der Waals surface area (Å²) in [6.07, 6.45) is -0.855. The van der Waals surface area contributed by atoms with Crippen LogP contribution in [-0.2, 0) is 0 Å². The van der Waals surface area contributed by atoms with Crippen molar-refractivity contribution >= 4 is 28.9 Å². The first-order chi connectivity index (χ1) is 6.43. The lowest BCUT2D eigenvalue weighted by molar-refractivity contribution is 0.154. The van der Waals surface area contributed by atoms with Gasteiger partial charge >= 0.3 is 0 Å². The molecule has 0 radical (unpaired) electrons. The maximum absolute atomic E-state index is 9.71. The number of halogens is 2. The van der Waals surface area contributed by atoms with Crippen LogP contribution in [0.2, 0.25) is 10.0 Å². The van der Waals surface area contributed by atoms with Gasteiger partial charge in [0.25, 0.3) is 0 Å². The van der Waals surface area contributed by atoms with E-state index < -0.39 is 12.1 Å². The molecule has 0 aromatic heterocycles. The van der Waals surface area contributed by atoms with E-state index in [1.165, 1.54) is 6.07 Å². The Hall–Kier alpha value is -0.480. The van der Waals surface area contributed by atoms with Crippen LogP contribution < -0.4 is 11.5 Å². The maximum Gasteiger partial charge on any atom is 0.0959 e. The van der Waals surface area contributed by atoms with Gasteiger partial charge in [0.1, 0.15) is 0 Å². The van der Waals surface area contributed by atoms with E-state index in [0.717, 1.165) is 0 Å². The van der Waals surface area contributed by atoms with Crippen molar-refractivity contribution in [2.24, 2.45) is 5.73 Å². The van der Waals surface area contributed by atoms with E-state index in [-0.39, 0.29) is 0 Å². The molecule has 0 aliphatic carbocycles. The number of rotatable bonds is 2. The van der Waals surface area contributed by atoms with Gasteiger partial charge in [0.15, 0.2) is 0 Å². The summed E-state index contributed by atoms with van der Waals surface area (Å²) in [7, 11) is 0. The largest absolute Gasteiger partial charge is 0.397 e. The van der Waals surface area contributed by atoms with Crippen molar-refractivity contribution in [3.63, 3.8) is 0 Å². The van der Waals surface area contributed by atoms with Crippen LogP contribution in [-0.4, -0.2) is 11.1 Å². The topological polar surface area (TPSA) is 72.3 Å². The van der Waals surface area contributed by atoms with E-state index in [0.29, 0.717) is 21.3 Å². The second-order valence-electron chi connectivity index (χ2n) is 3.19. The van der Waals surface area contributed by atoms with Gasteiger partial charge in [-0.15, -0.1) is 0 Å². The Morgan fingerprint density at radius 3 is 2.43 bits per heavy atom. The van der Waals surface area contributed by atoms with Crippen LogP contribution in [0.5, 0.6) is 0 Å². The highest BCUT2D eigenvalue weighted by Gasteiger charge is 2.17. The smallest absolute Gasteiger partial charge is 0.0959 e. The van der Waals surface area contributed by atoms with Crippen LogP contribution in [0, 0.1) is 0 Å². The molecule has 0 aliphatic rings. The van der Waals surface area contributed by atoms with Gasteiger partial charge in [-0.05, 0) is 19.1 Å². The molecular formula is C9H12Cl2N2O. The van der Waals surface area contributed by atoms with E-state index in [2.05, 4.69) is 0 Å². The van der Waals surface area contributed by atoms with Gasteiger partial charge in [-0.1, -0.05) is 23.2 Å². The zero-order valence-electron chi connectivity index (χ0n) is 7.67. The normalized spacial score (nSPS) is 15.2. The second kappa shape index (κ2) is 4.36. The first-order valence-corrected chi connectivity index (χ1v) is 4.87. The molecule has 0 saturated carbocycles. The second-order valence-corrected chi connectivity index (χ2v) is 4.04. The van der Waals surface area contributed by atoms with Crippen molar-refractivity contribution < 1.29 is 5.11 Å². The number of nitrogens with two attached hydrogens (primary N) is 2. The Morgan fingerprint density at radius 1 is 1.36 bits per heavy atom. The van der Waals surface area contributed by atoms with Crippen LogP contribution in [0.4, 0.5) is 5.69 Å². The molecule has 5 heteroatoms. The fourth-order valence-electron chi connectivity index (χ4n) is 1.13. The van der Waals surface area contributed by atoms with Crippen LogP contribution >= 0.6 is 23.2 Å². The standard InChI is InChI=1S/C9H12Cl2N2O/c1-4(12)9(14)6-2-5(10)3-7(11)8(6)13/h2-4,9,14H,12-13H2,1H3. The molecule has 2 atom stereocenters. The first-order valence-electron chi connectivity index (χ1n) is 4.11. The van der Waals surface area contributed by atoms with Crippen molar-refractivity contribution in [1.29, 1.82) is 0 Å². The molecule has 0 amide bonds. The van der Waals surface area contributed by atoms with Crippen molar-refractivity contribution in [3.05, 3.63) is 27.7 Å². The molecule has 1 aromatic carbocycles. The number of nitrogen functional groups attached to an aromatic ring is 1. The maximum atomic E-state index is 9.71. The minimum atomic E-state index is -0.855. The van der Waals surface area contributed by atoms with Gasteiger partial charge in [-0.3, -0.25) is 0 Å². The first kappa shape index (κ1) is 11.6. The molecule has 0 heterocycles. The molecule has 5 N–H and O–H groups in total. The number of hydrogen-bond acceptors (Lipinski definition) is 3. The summed E-state index contributed by atoms with van der Waals surface area (Å²) >= 11 is 11.6. The van der Waals surface area contributed by atoms with Crippen molar-refractivity contribution in [3.8, 4) is 0 Å². The molecule has 1 rings (SSSR count). The number of aliphatic hydroxyl groups is 1. The zero-order chi connectivity index (χ0) is 10.9. The molecule has 14 heavy (non-hydrogen) atoms. The van der Waals surface area contributed by atoms with Gasteiger partial charge in [0.2, 0.25) is 0 Å². The highest BCUT2D eigenvalue weighted by molar-refractivity contribution is 6.36. The molecule has 1 aromatic rings. The monoisotopic (exact) mass is 234 g/mol. The zero-order valence-corrected chi connectivity index (χ0v) is 9.18. The van der Waals surface area contributed by atoms with E-state index >= 15 is 0 Å². The molecule has 78 valence electrons. The predicted molar refractivity (Wildman–Crippen MR) is 59.5 cm³/mol. The SMILES string of the molecule is CC(N)C(O)c1cc(Cl)cc(Cl)c1N. The molecule has 0 aliphatic heterocycles. The molecule has 0 saturated heterocycles. The summed E-state index contributed by atoms with van der Waals surface area (Å²) in [5.74, 6) is 0. The van der Waals surface area contributed by atoms with Crippen molar-refractivity contribution in [1.82, 2.24) is 0 Å². The predicted octanol–water partition coefficient (Wildman–Crippen LogP) is 1.96. The Kier molecular flexibility index (Phi) is 3.61. The highest BCUT2D eigenvalue weighted by Crippen LogP contribution is 2.32. The lowest BCUT2D eigenvalue weighted by atomic mass is 10.0. The minimum absolute atomic E-state index is 0.320. The summed E-state index contributed by atoms with van der Waals surface area (Å²) in [6, 6.07) is 2.67. The van der Waals surface area contributed by atoms with E-state index in [1.54, 1.807) is 13.0 Å². The molecule has 0 fully saturated rings. The van der Waals surface area contributed by atoms with Gasteiger partial charge in [0, 0.05) is 16.6 Å². The Bertz CT molecular complexity index is 342. The van der Waals surface area contributed by atoms with Crippen LogP contribution in [0.1, 0.15) is 18.6 Å². The lowest BCUT2D eigenvalue weighted by Crippen LogP contribution is -2.25. The van der Waals surface area contributed by atoms with Crippen molar-refractivity contribution in [2.75, 3.05) is 5.73 Å². The third-order valence-electron chi connectivity index (χ3n) is 1.94.